The van der Waals surface area contributed by atoms with Gasteiger partial charge in [-0.1, -0.05) is 29.8 Å². The predicted octanol–water partition coefficient (Wildman–Crippen LogP) is 3.77. The van der Waals surface area contributed by atoms with Crippen LogP contribution in [0.5, 0.6) is 0 Å². The first-order valence-electron chi connectivity index (χ1n) is 8.73. The van der Waals surface area contributed by atoms with Crippen molar-refractivity contribution in [3.05, 3.63) is 59.0 Å². The number of rotatable bonds is 4. The molecule has 3 aromatic rings. The highest BCUT2D eigenvalue weighted by molar-refractivity contribution is 6.31. The third-order valence-electron chi connectivity index (χ3n) is 4.75. The van der Waals surface area contributed by atoms with Crippen LogP contribution >= 0.6 is 11.6 Å². The molecular weight excluding hydrogens is 334 g/mol. The summed E-state index contributed by atoms with van der Waals surface area (Å²) < 4.78 is 1.84. The van der Waals surface area contributed by atoms with Crippen LogP contribution in [0.15, 0.2) is 42.6 Å². The molecule has 0 aliphatic carbocycles. The molecule has 0 unspecified atom stereocenters. The molecule has 1 fully saturated rings. The van der Waals surface area contributed by atoms with E-state index in [1.807, 2.05) is 35.8 Å². The molecule has 3 heterocycles. The first kappa shape index (κ1) is 16.4. The molecule has 25 heavy (non-hydrogen) atoms. The quantitative estimate of drug-likeness (QED) is 0.773. The standard InChI is InChI=1S/C19H22ClN5/c1-14-21-19-7-6-17(13-25(19)23-14)22-16-8-10-24(11-9-16)12-15-4-2-3-5-18(15)20/h2-7,13,16,22H,8-12H2,1H3. The lowest BCUT2D eigenvalue weighted by Crippen LogP contribution is -2.38. The van der Waals surface area contributed by atoms with Crippen LogP contribution in [0.25, 0.3) is 5.65 Å². The number of aryl methyl sites for hydroxylation is 1. The number of aromatic nitrogens is 3. The molecule has 4 rings (SSSR count). The van der Waals surface area contributed by atoms with Gasteiger partial charge in [0, 0.05) is 30.7 Å². The lowest BCUT2D eigenvalue weighted by atomic mass is 10.0. The highest BCUT2D eigenvalue weighted by atomic mass is 35.5. The number of piperidine rings is 1. The van der Waals surface area contributed by atoms with Crippen LogP contribution in [0.1, 0.15) is 24.2 Å². The molecule has 1 N–H and O–H groups in total. The molecule has 0 saturated carbocycles. The van der Waals surface area contributed by atoms with Crippen molar-refractivity contribution in [3.8, 4) is 0 Å². The van der Waals surface area contributed by atoms with Gasteiger partial charge in [0.25, 0.3) is 0 Å². The van der Waals surface area contributed by atoms with Crippen LogP contribution in [0.4, 0.5) is 5.69 Å². The molecule has 1 aromatic carbocycles. The second-order valence-corrected chi connectivity index (χ2v) is 7.07. The molecule has 1 aliphatic rings. The van der Waals surface area contributed by atoms with Gasteiger partial charge in [0.1, 0.15) is 5.82 Å². The summed E-state index contributed by atoms with van der Waals surface area (Å²) in [6.07, 6.45) is 4.27. The van der Waals surface area contributed by atoms with Gasteiger partial charge in [-0.05, 0) is 43.5 Å². The van der Waals surface area contributed by atoms with E-state index in [-0.39, 0.29) is 0 Å². The Morgan fingerprint density at radius 1 is 1.16 bits per heavy atom. The number of hydrogen-bond donors (Lipinski definition) is 1. The van der Waals surface area contributed by atoms with Gasteiger partial charge in [-0.25, -0.2) is 9.50 Å². The van der Waals surface area contributed by atoms with Crippen LogP contribution in [0.2, 0.25) is 5.02 Å². The summed E-state index contributed by atoms with van der Waals surface area (Å²) in [6.45, 7) is 4.99. The number of likely N-dealkylation sites (tertiary alicyclic amines) is 1. The highest BCUT2D eigenvalue weighted by Crippen LogP contribution is 2.21. The van der Waals surface area contributed by atoms with E-state index in [1.165, 1.54) is 5.56 Å². The molecule has 0 spiro atoms. The van der Waals surface area contributed by atoms with Crippen LogP contribution in [-0.2, 0) is 6.54 Å². The number of nitrogens with one attached hydrogen (secondary N) is 1. The Kier molecular flexibility index (Phi) is 4.59. The molecule has 0 radical (unpaired) electrons. The smallest absolute Gasteiger partial charge is 0.155 e. The van der Waals surface area contributed by atoms with Crippen molar-refractivity contribution in [1.82, 2.24) is 19.5 Å². The van der Waals surface area contributed by atoms with E-state index in [4.69, 9.17) is 11.6 Å². The van der Waals surface area contributed by atoms with Crippen LogP contribution in [-0.4, -0.2) is 38.6 Å². The molecule has 5 nitrogen and oxygen atoms in total. The number of hydrogen-bond acceptors (Lipinski definition) is 4. The summed E-state index contributed by atoms with van der Waals surface area (Å²) in [4.78, 5) is 6.84. The van der Waals surface area contributed by atoms with E-state index in [0.29, 0.717) is 6.04 Å². The molecule has 0 amide bonds. The van der Waals surface area contributed by atoms with Gasteiger partial charge in [-0.2, -0.15) is 5.10 Å². The van der Waals surface area contributed by atoms with Crippen molar-refractivity contribution in [1.29, 1.82) is 0 Å². The molecule has 6 heteroatoms. The minimum Gasteiger partial charge on any atom is -0.381 e. The zero-order chi connectivity index (χ0) is 17.2. The van der Waals surface area contributed by atoms with E-state index < -0.39 is 0 Å². The molecule has 130 valence electrons. The first-order valence-corrected chi connectivity index (χ1v) is 9.10. The summed E-state index contributed by atoms with van der Waals surface area (Å²) in [5, 5.41) is 8.88. The number of fused-ring (bicyclic) bond motifs is 1. The molecule has 1 aliphatic heterocycles. The van der Waals surface area contributed by atoms with Crippen molar-refractivity contribution in [2.24, 2.45) is 0 Å². The van der Waals surface area contributed by atoms with Crippen molar-refractivity contribution in [2.75, 3.05) is 18.4 Å². The Bertz CT molecular complexity index is 867. The predicted molar refractivity (Wildman–Crippen MR) is 101 cm³/mol. The number of pyridine rings is 1. The number of benzene rings is 1. The Labute approximate surface area is 152 Å². The number of nitrogens with zero attached hydrogens (tertiary/aromatic N) is 4. The lowest BCUT2D eigenvalue weighted by molar-refractivity contribution is 0.211. The SMILES string of the molecule is Cc1nc2ccc(NC3CCN(Cc4ccccc4Cl)CC3)cn2n1. The maximum Gasteiger partial charge on any atom is 0.155 e. The fourth-order valence-corrected chi connectivity index (χ4v) is 3.61. The monoisotopic (exact) mass is 355 g/mol. The average molecular weight is 356 g/mol. The van der Waals surface area contributed by atoms with E-state index in [0.717, 1.165) is 54.7 Å². The summed E-state index contributed by atoms with van der Waals surface area (Å²) in [6, 6.07) is 12.7. The van der Waals surface area contributed by atoms with Crippen molar-refractivity contribution >= 4 is 22.9 Å². The Morgan fingerprint density at radius 2 is 1.96 bits per heavy atom. The zero-order valence-electron chi connectivity index (χ0n) is 14.3. The Hall–Kier alpha value is -2.11. The fraction of sp³-hybridized carbons (Fsp3) is 0.368. The van der Waals surface area contributed by atoms with Crippen LogP contribution < -0.4 is 5.32 Å². The van der Waals surface area contributed by atoms with Crippen molar-refractivity contribution in [2.45, 2.75) is 32.4 Å². The van der Waals surface area contributed by atoms with Gasteiger partial charge in [0.15, 0.2) is 5.65 Å². The fourth-order valence-electron chi connectivity index (χ4n) is 3.42. The van der Waals surface area contributed by atoms with E-state index in [9.17, 15) is 0 Å². The average Bonchev–Trinajstić information content (AvgIpc) is 2.98. The van der Waals surface area contributed by atoms with Gasteiger partial charge >= 0.3 is 0 Å². The third kappa shape index (κ3) is 3.78. The van der Waals surface area contributed by atoms with Crippen molar-refractivity contribution < 1.29 is 0 Å². The minimum absolute atomic E-state index is 0.490. The number of anilines is 1. The third-order valence-corrected chi connectivity index (χ3v) is 5.12. The Balaban J connectivity index is 1.34. The normalized spacial score (nSPS) is 16.4. The minimum atomic E-state index is 0.490. The Morgan fingerprint density at radius 3 is 2.76 bits per heavy atom. The van der Waals surface area contributed by atoms with Crippen molar-refractivity contribution in [3.63, 3.8) is 0 Å². The van der Waals surface area contributed by atoms with Gasteiger partial charge in [0.2, 0.25) is 0 Å². The first-order chi connectivity index (χ1) is 12.2. The van der Waals surface area contributed by atoms with Gasteiger partial charge in [-0.15, -0.1) is 0 Å². The largest absolute Gasteiger partial charge is 0.381 e. The maximum atomic E-state index is 6.28. The summed E-state index contributed by atoms with van der Waals surface area (Å²) in [5.74, 6) is 0.796. The van der Waals surface area contributed by atoms with Gasteiger partial charge < -0.3 is 5.32 Å². The van der Waals surface area contributed by atoms with E-state index >= 15 is 0 Å². The maximum absolute atomic E-state index is 6.28. The topological polar surface area (TPSA) is 45.5 Å². The second-order valence-electron chi connectivity index (χ2n) is 6.67. The summed E-state index contributed by atoms with van der Waals surface area (Å²) in [5.41, 5.74) is 3.20. The van der Waals surface area contributed by atoms with Gasteiger partial charge in [-0.3, -0.25) is 4.90 Å². The molecule has 0 atom stereocenters. The zero-order valence-corrected chi connectivity index (χ0v) is 15.1. The van der Waals surface area contributed by atoms with E-state index in [1.54, 1.807) is 0 Å². The van der Waals surface area contributed by atoms with Crippen LogP contribution in [0, 0.1) is 6.92 Å². The number of halogens is 1. The molecular formula is C19H22ClN5. The molecule has 1 saturated heterocycles. The van der Waals surface area contributed by atoms with Gasteiger partial charge in [0.05, 0.1) is 11.9 Å². The summed E-state index contributed by atoms with van der Waals surface area (Å²) >= 11 is 6.28. The van der Waals surface area contributed by atoms with Crippen LogP contribution in [0.3, 0.4) is 0 Å². The molecule has 0 bridgehead atoms. The highest BCUT2D eigenvalue weighted by Gasteiger charge is 2.19. The summed E-state index contributed by atoms with van der Waals surface area (Å²) in [7, 11) is 0. The molecule has 2 aromatic heterocycles. The van der Waals surface area contributed by atoms with E-state index in [2.05, 4.69) is 38.5 Å². The second kappa shape index (κ2) is 7.02. The lowest BCUT2D eigenvalue weighted by Gasteiger charge is -2.33.